The number of piperidine rings is 1. The summed E-state index contributed by atoms with van der Waals surface area (Å²) >= 11 is 0. The maximum absolute atomic E-state index is 13.0. The molecule has 3 fully saturated rings. The van der Waals surface area contributed by atoms with E-state index in [0.717, 1.165) is 76.7 Å². The minimum absolute atomic E-state index is 0.179. The standard InChI is InChI=1S/C24H36N6O/c1-26-9-4-5-21(19-26)24(31)30-17-15-28(16-18-30)22-7-6-20-8-12-29(23(20)25-22)14-13-27-10-2-3-11-27/h6-8,12,21H,2-5,9-11,13-19H2,1H3. The van der Waals surface area contributed by atoms with Crippen LogP contribution in [0.4, 0.5) is 5.82 Å². The molecule has 0 radical (unpaired) electrons. The lowest BCUT2D eigenvalue weighted by molar-refractivity contribution is -0.137. The van der Waals surface area contributed by atoms with Crippen LogP contribution in [0.25, 0.3) is 11.0 Å². The SMILES string of the molecule is CN1CCCC(C(=O)N2CCN(c3ccc4ccn(CCN5CCCC5)c4n3)CC2)C1. The fraction of sp³-hybridized carbons (Fsp3) is 0.667. The van der Waals surface area contributed by atoms with Crippen molar-refractivity contribution in [1.82, 2.24) is 24.3 Å². The number of hydrogen-bond donors (Lipinski definition) is 0. The number of carbonyl (C=O) groups is 1. The van der Waals surface area contributed by atoms with Crippen LogP contribution in [0.15, 0.2) is 24.4 Å². The fourth-order valence-corrected chi connectivity index (χ4v) is 5.44. The molecule has 1 atom stereocenters. The topological polar surface area (TPSA) is 47.9 Å². The maximum atomic E-state index is 13.0. The molecule has 3 aliphatic heterocycles. The summed E-state index contributed by atoms with van der Waals surface area (Å²) in [7, 11) is 2.13. The normalized spacial score (nSPS) is 23.7. The van der Waals surface area contributed by atoms with E-state index in [1.807, 2.05) is 0 Å². The minimum Gasteiger partial charge on any atom is -0.353 e. The Hall–Kier alpha value is -2.12. The highest BCUT2D eigenvalue weighted by Crippen LogP contribution is 2.23. The largest absolute Gasteiger partial charge is 0.353 e. The molecule has 5 rings (SSSR count). The number of piperazine rings is 1. The van der Waals surface area contributed by atoms with Crippen LogP contribution in [-0.4, -0.2) is 96.1 Å². The van der Waals surface area contributed by atoms with E-state index in [0.29, 0.717) is 5.91 Å². The highest BCUT2D eigenvalue weighted by Gasteiger charge is 2.30. The zero-order chi connectivity index (χ0) is 21.2. The van der Waals surface area contributed by atoms with Crippen molar-refractivity contribution in [3.63, 3.8) is 0 Å². The molecule has 0 bridgehead atoms. The molecule has 168 valence electrons. The lowest BCUT2D eigenvalue weighted by atomic mass is 9.96. The Morgan fingerprint density at radius 1 is 0.968 bits per heavy atom. The van der Waals surface area contributed by atoms with E-state index in [1.54, 1.807) is 0 Å². The van der Waals surface area contributed by atoms with Crippen molar-refractivity contribution < 1.29 is 4.79 Å². The van der Waals surface area contributed by atoms with Gasteiger partial charge >= 0.3 is 0 Å². The first-order valence-electron chi connectivity index (χ1n) is 12.1. The molecular weight excluding hydrogens is 388 g/mol. The van der Waals surface area contributed by atoms with E-state index >= 15 is 0 Å². The number of fused-ring (bicyclic) bond motifs is 1. The molecule has 0 N–H and O–H groups in total. The van der Waals surface area contributed by atoms with Crippen molar-refractivity contribution in [2.45, 2.75) is 32.2 Å². The van der Waals surface area contributed by atoms with Gasteiger partial charge in [0, 0.05) is 57.4 Å². The summed E-state index contributed by atoms with van der Waals surface area (Å²) in [5, 5.41) is 1.21. The summed E-state index contributed by atoms with van der Waals surface area (Å²) in [6, 6.07) is 6.51. The lowest BCUT2D eigenvalue weighted by Crippen LogP contribution is -2.52. The minimum atomic E-state index is 0.179. The third kappa shape index (κ3) is 4.58. The molecule has 3 saturated heterocycles. The average Bonchev–Trinajstić information content (AvgIpc) is 3.47. The molecule has 7 nitrogen and oxygen atoms in total. The maximum Gasteiger partial charge on any atom is 0.227 e. The van der Waals surface area contributed by atoms with Crippen LogP contribution in [0.5, 0.6) is 0 Å². The molecule has 2 aromatic heterocycles. The molecule has 2 aromatic rings. The van der Waals surface area contributed by atoms with Gasteiger partial charge < -0.3 is 24.2 Å². The predicted molar refractivity (Wildman–Crippen MR) is 124 cm³/mol. The van der Waals surface area contributed by atoms with Gasteiger partial charge in [0.25, 0.3) is 0 Å². The number of rotatable bonds is 5. The van der Waals surface area contributed by atoms with Crippen LogP contribution in [0.1, 0.15) is 25.7 Å². The number of pyridine rings is 1. The molecule has 3 aliphatic rings. The third-order valence-corrected chi connectivity index (χ3v) is 7.34. The second-order valence-electron chi connectivity index (χ2n) is 9.55. The zero-order valence-corrected chi connectivity index (χ0v) is 18.9. The second kappa shape index (κ2) is 9.17. The fourth-order valence-electron chi connectivity index (χ4n) is 5.44. The summed E-state index contributed by atoms with van der Waals surface area (Å²) in [5.41, 5.74) is 1.08. The van der Waals surface area contributed by atoms with Crippen LogP contribution in [0, 0.1) is 5.92 Å². The van der Waals surface area contributed by atoms with E-state index in [2.05, 4.69) is 55.6 Å². The van der Waals surface area contributed by atoms with Gasteiger partial charge in [-0.3, -0.25) is 4.79 Å². The van der Waals surface area contributed by atoms with Gasteiger partial charge in [-0.15, -0.1) is 0 Å². The Labute approximate surface area is 185 Å². The van der Waals surface area contributed by atoms with Gasteiger partial charge in [-0.05, 0) is 70.6 Å². The van der Waals surface area contributed by atoms with Crippen molar-refractivity contribution in [2.24, 2.45) is 5.92 Å². The molecule has 5 heterocycles. The number of amides is 1. The highest BCUT2D eigenvalue weighted by atomic mass is 16.2. The molecule has 31 heavy (non-hydrogen) atoms. The molecular formula is C24H36N6O. The van der Waals surface area contributed by atoms with Crippen molar-refractivity contribution in [2.75, 3.05) is 70.9 Å². The van der Waals surface area contributed by atoms with Gasteiger partial charge in [-0.1, -0.05) is 0 Å². The number of likely N-dealkylation sites (tertiary alicyclic amines) is 2. The summed E-state index contributed by atoms with van der Waals surface area (Å²) < 4.78 is 2.30. The third-order valence-electron chi connectivity index (χ3n) is 7.34. The van der Waals surface area contributed by atoms with Crippen molar-refractivity contribution in [3.8, 4) is 0 Å². The molecule has 0 spiro atoms. The van der Waals surface area contributed by atoms with Gasteiger partial charge in [0.15, 0.2) is 0 Å². The van der Waals surface area contributed by atoms with Gasteiger partial charge in [-0.25, -0.2) is 4.98 Å². The van der Waals surface area contributed by atoms with Gasteiger partial charge in [0.2, 0.25) is 5.91 Å². The van der Waals surface area contributed by atoms with Crippen LogP contribution in [-0.2, 0) is 11.3 Å². The Balaban J connectivity index is 1.21. The van der Waals surface area contributed by atoms with Crippen LogP contribution >= 0.6 is 0 Å². The first-order chi connectivity index (χ1) is 15.2. The number of hydrogen-bond acceptors (Lipinski definition) is 5. The van der Waals surface area contributed by atoms with Gasteiger partial charge in [0.05, 0.1) is 5.92 Å². The Morgan fingerprint density at radius 3 is 2.55 bits per heavy atom. The monoisotopic (exact) mass is 424 g/mol. The molecule has 1 amide bonds. The van der Waals surface area contributed by atoms with Crippen LogP contribution in [0.3, 0.4) is 0 Å². The Bertz CT molecular complexity index is 897. The number of anilines is 1. The quantitative estimate of drug-likeness (QED) is 0.736. The lowest BCUT2D eigenvalue weighted by Gasteiger charge is -2.38. The number of aromatic nitrogens is 2. The first kappa shape index (κ1) is 20.8. The predicted octanol–water partition coefficient (Wildman–Crippen LogP) is 2.12. The smallest absolute Gasteiger partial charge is 0.227 e. The summed E-state index contributed by atoms with van der Waals surface area (Å²) in [6.07, 6.45) is 7.01. The van der Waals surface area contributed by atoms with Gasteiger partial charge in [0.1, 0.15) is 11.5 Å². The molecule has 1 unspecified atom stereocenters. The van der Waals surface area contributed by atoms with E-state index < -0.39 is 0 Å². The zero-order valence-electron chi connectivity index (χ0n) is 18.9. The van der Waals surface area contributed by atoms with Crippen molar-refractivity contribution >= 4 is 22.8 Å². The molecule has 0 saturated carbocycles. The van der Waals surface area contributed by atoms with Crippen LogP contribution in [0.2, 0.25) is 0 Å². The second-order valence-corrected chi connectivity index (χ2v) is 9.55. The molecule has 7 heteroatoms. The van der Waals surface area contributed by atoms with Crippen molar-refractivity contribution in [1.29, 1.82) is 0 Å². The van der Waals surface area contributed by atoms with E-state index in [1.165, 1.54) is 31.3 Å². The summed E-state index contributed by atoms with van der Waals surface area (Å²) in [5.74, 6) is 1.57. The van der Waals surface area contributed by atoms with Crippen LogP contribution < -0.4 is 4.90 Å². The van der Waals surface area contributed by atoms with Gasteiger partial charge in [-0.2, -0.15) is 0 Å². The van der Waals surface area contributed by atoms with E-state index in [9.17, 15) is 4.79 Å². The summed E-state index contributed by atoms with van der Waals surface area (Å²) in [4.78, 5) is 27.3. The Morgan fingerprint density at radius 2 is 1.77 bits per heavy atom. The molecule has 0 aromatic carbocycles. The highest BCUT2D eigenvalue weighted by molar-refractivity contribution is 5.80. The van der Waals surface area contributed by atoms with E-state index in [-0.39, 0.29) is 5.92 Å². The molecule has 0 aliphatic carbocycles. The number of nitrogens with zero attached hydrogens (tertiary/aromatic N) is 6. The summed E-state index contributed by atoms with van der Waals surface area (Å²) in [6.45, 7) is 9.92. The Kier molecular flexibility index (Phi) is 6.14. The first-order valence-corrected chi connectivity index (χ1v) is 12.1. The number of carbonyl (C=O) groups excluding carboxylic acids is 1. The average molecular weight is 425 g/mol. The van der Waals surface area contributed by atoms with Crippen molar-refractivity contribution in [3.05, 3.63) is 24.4 Å². The van der Waals surface area contributed by atoms with E-state index in [4.69, 9.17) is 4.98 Å².